The predicted molar refractivity (Wildman–Crippen MR) is 197 cm³/mol. The highest BCUT2D eigenvalue weighted by Gasteiger charge is 2.37. The van der Waals surface area contributed by atoms with Crippen molar-refractivity contribution in [3.8, 4) is 22.3 Å². The Kier molecular flexibility index (Phi) is 5.92. The van der Waals surface area contributed by atoms with E-state index in [0.717, 1.165) is 11.4 Å². The molecule has 46 heavy (non-hydrogen) atoms. The van der Waals surface area contributed by atoms with E-state index in [-0.39, 0.29) is 5.41 Å². The van der Waals surface area contributed by atoms with Crippen molar-refractivity contribution in [2.24, 2.45) is 0 Å². The first kappa shape index (κ1) is 26.7. The van der Waals surface area contributed by atoms with Gasteiger partial charge in [-0.05, 0) is 90.5 Å². The second-order valence-electron chi connectivity index (χ2n) is 13.0. The molecule has 0 aromatic heterocycles. The fourth-order valence-corrected chi connectivity index (χ4v) is 7.74. The molecule has 0 saturated carbocycles. The number of anilines is 3. The number of benzene rings is 8. The summed E-state index contributed by atoms with van der Waals surface area (Å²) in [5.41, 5.74) is 11.2. The van der Waals surface area contributed by atoms with E-state index in [4.69, 9.17) is 0 Å². The van der Waals surface area contributed by atoms with Crippen molar-refractivity contribution in [1.29, 1.82) is 0 Å². The maximum Gasteiger partial charge on any atom is 0.0543 e. The predicted octanol–water partition coefficient (Wildman–Crippen LogP) is 12.6. The van der Waals surface area contributed by atoms with Crippen LogP contribution in [0.1, 0.15) is 25.0 Å². The lowest BCUT2D eigenvalue weighted by Gasteiger charge is -2.29. The maximum atomic E-state index is 2.46. The van der Waals surface area contributed by atoms with Crippen molar-refractivity contribution in [1.82, 2.24) is 0 Å². The van der Waals surface area contributed by atoms with Gasteiger partial charge in [-0.2, -0.15) is 0 Å². The van der Waals surface area contributed by atoms with E-state index >= 15 is 0 Å². The van der Waals surface area contributed by atoms with Gasteiger partial charge in [0.05, 0.1) is 5.69 Å². The van der Waals surface area contributed by atoms with Gasteiger partial charge in [0.15, 0.2) is 0 Å². The molecule has 0 fully saturated rings. The zero-order chi connectivity index (χ0) is 30.8. The average molecular weight is 588 g/mol. The standard InChI is InChI=1S/C45H33N/c1-45(2)40-16-9-8-15-39(40)44-41(45)17-10-18-42(44)46(35-25-23-31(24-26-35)30-11-4-3-5-12-30)36-27-28-38-34(29-36)22-21-33-20-19-32-13-6-7-14-37(32)43(33)38/h3-29H,1-2H3. The maximum absolute atomic E-state index is 2.46. The molecule has 1 aliphatic rings. The van der Waals surface area contributed by atoms with Gasteiger partial charge in [0.2, 0.25) is 0 Å². The Hall–Kier alpha value is -5.66. The zero-order valence-corrected chi connectivity index (χ0v) is 26.0. The summed E-state index contributed by atoms with van der Waals surface area (Å²) in [5, 5.41) is 7.67. The Morgan fingerprint density at radius 1 is 0.435 bits per heavy atom. The lowest BCUT2D eigenvalue weighted by Crippen LogP contribution is -2.16. The van der Waals surface area contributed by atoms with Gasteiger partial charge in [-0.15, -0.1) is 0 Å². The second kappa shape index (κ2) is 10.2. The molecule has 0 spiro atoms. The Balaban J connectivity index is 1.28. The highest BCUT2D eigenvalue weighted by atomic mass is 15.1. The number of rotatable bonds is 4. The van der Waals surface area contributed by atoms with Crippen LogP contribution in [0.2, 0.25) is 0 Å². The van der Waals surface area contributed by atoms with Crippen LogP contribution in [0.5, 0.6) is 0 Å². The van der Waals surface area contributed by atoms with E-state index in [0.29, 0.717) is 0 Å². The number of hydrogen-bond acceptors (Lipinski definition) is 1. The zero-order valence-electron chi connectivity index (χ0n) is 26.0. The van der Waals surface area contributed by atoms with Crippen LogP contribution in [-0.4, -0.2) is 0 Å². The summed E-state index contributed by atoms with van der Waals surface area (Å²) in [6.07, 6.45) is 0. The smallest absolute Gasteiger partial charge is 0.0543 e. The fourth-order valence-electron chi connectivity index (χ4n) is 7.74. The molecular weight excluding hydrogens is 555 g/mol. The van der Waals surface area contributed by atoms with Crippen LogP contribution in [-0.2, 0) is 5.41 Å². The Labute approximate surface area is 270 Å². The summed E-state index contributed by atoms with van der Waals surface area (Å²) in [7, 11) is 0. The SMILES string of the molecule is CC1(C)c2ccccc2-c2c(N(c3ccc(-c4ccccc4)cc3)c3ccc4c(ccc5ccc6ccccc6c54)c3)cccc21. The largest absolute Gasteiger partial charge is 0.310 e. The summed E-state index contributed by atoms with van der Waals surface area (Å²) in [6, 6.07) is 60.2. The third-order valence-corrected chi connectivity index (χ3v) is 10.0. The molecule has 0 bridgehead atoms. The van der Waals surface area contributed by atoms with Crippen LogP contribution >= 0.6 is 0 Å². The summed E-state index contributed by atoms with van der Waals surface area (Å²) >= 11 is 0. The Morgan fingerprint density at radius 2 is 1.07 bits per heavy atom. The summed E-state index contributed by atoms with van der Waals surface area (Å²) < 4.78 is 0. The van der Waals surface area contributed by atoms with Crippen LogP contribution in [0, 0.1) is 0 Å². The van der Waals surface area contributed by atoms with Crippen LogP contribution in [0.4, 0.5) is 17.1 Å². The van der Waals surface area contributed by atoms with E-state index in [1.165, 1.54) is 71.4 Å². The number of hydrogen-bond donors (Lipinski definition) is 0. The third kappa shape index (κ3) is 4.02. The monoisotopic (exact) mass is 587 g/mol. The molecule has 9 rings (SSSR count). The molecule has 218 valence electrons. The van der Waals surface area contributed by atoms with Gasteiger partial charge in [0, 0.05) is 22.4 Å². The highest BCUT2D eigenvalue weighted by Crippen LogP contribution is 2.54. The minimum absolute atomic E-state index is 0.0753. The molecule has 1 aliphatic carbocycles. The molecule has 0 heterocycles. The molecule has 8 aromatic carbocycles. The van der Waals surface area contributed by atoms with Crippen molar-refractivity contribution in [3.05, 3.63) is 175 Å². The van der Waals surface area contributed by atoms with E-state index in [9.17, 15) is 0 Å². The number of fused-ring (bicyclic) bond motifs is 8. The van der Waals surface area contributed by atoms with Crippen LogP contribution in [0.25, 0.3) is 54.6 Å². The Bertz CT molecular complexity index is 2430. The minimum Gasteiger partial charge on any atom is -0.310 e. The first-order valence-electron chi connectivity index (χ1n) is 16.1. The van der Waals surface area contributed by atoms with E-state index in [2.05, 4.69) is 183 Å². The molecule has 0 radical (unpaired) electrons. The van der Waals surface area contributed by atoms with Gasteiger partial charge in [-0.3, -0.25) is 0 Å². The van der Waals surface area contributed by atoms with Crippen LogP contribution < -0.4 is 4.90 Å². The van der Waals surface area contributed by atoms with Gasteiger partial charge in [-0.25, -0.2) is 0 Å². The van der Waals surface area contributed by atoms with Crippen molar-refractivity contribution >= 4 is 49.4 Å². The molecule has 1 heteroatoms. The fraction of sp³-hybridized carbons (Fsp3) is 0.0667. The molecule has 0 amide bonds. The molecule has 0 saturated heterocycles. The lowest BCUT2D eigenvalue weighted by molar-refractivity contribution is 0.660. The van der Waals surface area contributed by atoms with Crippen molar-refractivity contribution < 1.29 is 0 Å². The van der Waals surface area contributed by atoms with E-state index < -0.39 is 0 Å². The lowest BCUT2D eigenvalue weighted by atomic mass is 9.82. The summed E-state index contributed by atoms with van der Waals surface area (Å²) in [6.45, 7) is 4.71. The first-order chi connectivity index (χ1) is 22.6. The molecule has 0 aliphatic heterocycles. The van der Waals surface area contributed by atoms with Gasteiger partial charge >= 0.3 is 0 Å². The summed E-state index contributed by atoms with van der Waals surface area (Å²) in [4.78, 5) is 2.46. The molecular formula is C45H33N. The van der Waals surface area contributed by atoms with E-state index in [1.807, 2.05) is 0 Å². The number of nitrogens with zero attached hydrogens (tertiary/aromatic N) is 1. The first-order valence-corrected chi connectivity index (χ1v) is 16.1. The topological polar surface area (TPSA) is 3.24 Å². The van der Waals surface area contributed by atoms with Crippen molar-refractivity contribution in [2.45, 2.75) is 19.3 Å². The second-order valence-corrected chi connectivity index (χ2v) is 13.0. The van der Waals surface area contributed by atoms with E-state index in [1.54, 1.807) is 0 Å². The average Bonchev–Trinajstić information content (AvgIpc) is 3.35. The normalized spacial score (nSPS) is 13.2. The van der Waals surface area contributed by atoms with Gasteiger partial charge in [-0.1, -0.05) is 147 Å². The minimum atomic E-state index is -0.0753. The summed E-state index contributed by atoms with van der Waals surface area (Å²) in [5.74, 6) is 0. The molecule has 1 nitrogen and oxygen atoms in total. The molecule has 0 atom stereocenters. The van der Waals surface area contributed by atoms with Crippen LogP contribution in [0.3, 0.4) is 0 Å². The van der Waals surface area contributed by atoms with Crippen molar-refractivity contribution in [3.63, 3.8) is 0 Å². The Morgan fingerprint density at radius 3 is 1.91 bits per heavy atom. The third-order valence-electron chi connectivity index (χ3n) is 10.0. The van der Waals surface area contributed by atoms with Crippen LogP contribution in [0.15, 0.2) is 164 Å². The molecule has 0 unspecified atom stereocenters. The van der Waals surface area contributed by atoms with Crippen molar-refractivity contribution in [2.75, 3.05) is 4.90 Å². The molecule has 8 aromatic rings. The van der Waals surface area contributed by atoms with Gasteiger partial charge in [0.25, 0.3) is 0 Å². The quantitative estimate of drug-likeness (QED) is 0.185. The van der Waals surface area contributed by atoms with Gasteiger partial charge in [0.1, 0.15) is 0 Å². The highest BCUT2D eigenvalue weighted by molar-refractivity contribution is 6.20. The van der Waals surface area contributed by atoms with Gasteiger partial charge < -0.3 is 4.90 Å². The molecule has 0 N–H and O–H groups in total.